The molecule has 0 fully saturated rings. The predicted octanol–water partition coefficient (Wildman–Crippen LogP) is 3.19. The molecule has 0 radical (unpaired) electrons. The number of thiazole rings is 1. The van der Waals surface area contributed by atoms with E-state index in [9.17, 15) is 8.42 Å². The molecule has 1 aromatic heterocycles. The fraction of sp³-hybridized carbons (Fsp3) is 0.133. The number of benzene rings is 2. The lowest BCUT2D eigenvalue weighted by atomic mass is 10.3. The van der Waals surface area contributed by atoms with Gasteiger partial charge in [0.05, 0.1) is 27.2 Å². The van der Waals surface area contributed by atoms with Crippen molar-refractivity contribution in [1.82, 2.24) is 4.57 Å². The van der Waals surface area contributed by atoms with E-state index in [1.165, 1.54) is 30.6 Å². The van der Waals surface area contributed by atoms with Crippen LogP contribution in [0.4, 0.5) is 0 Å². The Bertz CT molecular complexity index is 1030. The third kappa shape index (κ3) is 2.99. The van der Waals surface area contributed by atoms with Crippen molar-refractivity contribution in [2.24, 2.45) is 11.4 Å². The van der Waals surface area contributed by atoms with Crippen molar-refractivity contribution in [2.75, 3.05) is 7.11 Å². The van der Waals surface area contributed by atoms with Gasteiger partial charge in [-0.25, -0.2) is 0 Å². The highest BCUT2D eigenvalue weighted by molar-refractivity contribution is 7.90. The minimum atomic E-state index is -3.81. The fourth-order valence-corrected chi connectivity index (χ4v) is 4.78. The second-order valence-electron chi connectivity index (χ2n) is 4.77. The lowest BCUT2D eigenvalue weighted by Gasteiger charge is -2.01. The van der Waals surface area contributed by atoms with Gasteiger partial charge >= 0.3 is 0 Å². The average Bonchev–Trinajstić information content (AvgIpc) is 2.84. The molecule has 0 aliphatic heterocycles. The number of para-hydroxylation sites is 1. The number of fused-ring (bicyclic) bond motifs is 1. The largest absolute Gasteiger partial charge is 0.497 e. The summed E-state index contributed by atoms with van der Waals surface area (Å²) in [7, 11) is -0.540. The Morgan fingerprint density at radius 2 is 1.87 bits per heavy atom. The molecule has 8 heteroatoms. The Balaban J connectivity index is 2.16. The molecular weight excluding hydrogens is 356 g/mol. The number of hydrogen-bond acceptors (Lipinski definition) is 4. The molecule has 0 spiro atoms. The van der Waals surface area contributed by atoms with Crippen LogP contribution in [0, 0.1) is 0 Å². The van der Waals surface area contributed by atoms with Gasteiger partial charge in [0.2, 0.25) is 4.80 Å². The molecule has 2 aromatic carbocycles. The van der Waals surface area contributed by atoms with E-state index in [0.717, 1.165) is 10.2 Å². The topological polar surface area (TPSA) is 60.7 Å². The summed E-state index contributed by atoms with van der Waals surface area (Å²) in [5.41, 5.74) is 0.767. The Labute approximate surface area is 142 Å². The number of aromatic nitrogens is 1. The number of nitrogens with zero attached hydrogens (tertiary/aromatic N) is 2. The third-order valence-electron chi connectivity index (χ3n) is 3.33. The molecule has 0 atom stereocenters. The molecule has 0 bridgehead atoms. The van der Waals surface area contributed by atoms with Gasteiger partial charge < -0.3 is 9.30 Å². The predicted molar refractivity (Wildman–Crippen MR) is 91.5 cm³/mol. The zero-order chi connectivity index (χ0) is 16.6. The maximum absolute atomic E-state index is 12.5. The SMILES string of the molecule is COc1ccc(S(=O)(=O)N=c2sc3cccc(Cl)c3n2C)cc1. The Kier molecular flexibility index (Phi) is 4.18. The summed E-state index contributed by atoms with van der Waals surface area (Å²) in [6, 6.07) is 11.6. The molecule has 120 valence electrons. The van der Waals surface area contributed by atoms with Crippen molar-refractivity contribution in [1.29, 1.82) is 0 Å². The van der Waals surface area contributed by atoms with Crippen molar-refractivity contribution in [2.45, 2.75) is 4.90 Å². The van der Waals surface area contributed by atoms with E-state index in [-0.39, 0.29) is 4.90 Å². The van der Waals surface area contributed by atoms with Gasteiger partial charge in [-0.05, 0) is 36.4 Å². The van der Waals surface area contributed by atoms with Crippen molar-refractivity contribution < 1.29 is 13.2 Å². The Hall–Kier alpha value is -1.83. The molecule has 23 heavy (non-hydrogen) atoms. The number of halogens is 1. The van der Waals surface area contributed by atoms with Crippen molar-refractivity contribution >= 4 is 43.2 Å². The maximum Gasteiger partial charge on any atom is 0.285 e. The number of hydrogen-bond donors (Lipinski definition) is 0. The van der Waals surface area contributed by atoms with E-state index in [1.54, 1.807) is 29.8 Å². The molecule has 3 rings (SSSR count). The molecule has 0 aliphatic rings. The van der Waals surface area contributed by atoms with Crippen molar-refractivity contribution in [3.63, 3.8) is 0 Å². The maximum atomic E-state index is 12.5. The van der Waals surface area contributed by atoms with Crippen LogP contribution < -0.4 is 9.54 Å². The Morgan fingerprint density at radius 1 is 1.17 bits per heavy atom. The summed E-state index contributed by atoms with van der Waals surface area (Å²) >= 11 is 7.45. The van der Waals surface area contributed by atoms with E-state index >= 15 is 0 Å². The van der Waals surface area contributed by atoms with E-state index in [4.69, 9.17) is 16.3 Å². The van der Waals surface area contributed by atoms with E-state index < -0.39 is 10.0 Å². The minimum absolute atomic E-state index is 0.113. The number of sulfonamides is 1. The lowest BCUT2D eigenvalue weighted by molar-refractivity contribution is 0.414. The van der Waals surface area contributed by atoms with Crippen molar-refractivity contribution in [3.05, 3.63) is 52.3 Å². The number of rotatable bonds is 3. The van der Waals surface area contributed by atoms with Gasteiger partial charge in [-0.3, -0.25) is 0 Å². The molecule has 0 unspecified atom stereocenters. The van der Waals surface area contributed by atoms with Crippen LogP contribution in [0.25, 0.3) is 10.2 Å². The Morgan fingerprint density at radius 3 is 2.48 bits per heavy atom. The quantitative estimate of drug-likeness (QED) is 0.713. The first kappa shape index (κ1) is 16.0. The van der Waals surface area contributed by atoms with Crippen LogP contribution in [-0.4, -0.2) is 20.1 Å². The highest BCUT2D eigenvalue weighted by atomic mass is 35.5. The molecule has 0 saturated heterocycles. The molecule has 0 saturated carbocycles. The van der Waals surface area contributed by atoms with E-state index in [0.29, 0.717) is 15.6 Å². The van der Waals surface area contributed by atoms with E-state index in [1.807, 2.05) is 12.1 Å². The van der Waals surface area contributed by atoms with Gasteiger partial charge in [-0.2, -0.15) is 8.42 Å². The molecule has 5 nitrogen and oxygen atoms in total. The first-order valence-corrected chi connectivity index (χ1v) is 9.25. The lowest BCUT2D eigenvalue weighted by Crippen LogP contribution is -2.13. The summed E-state index contributed by atoms with van der Waals surface area (Å²) < 4.78 is 36.5. The first-order chi connectivity index (χ1) is 10.9. The molecule has 1 heterocycles. The monoisotopic (exact) mass is 368 g/mol. The van der Waals surface area contributed by atoms with Crippen LogP contribution in [-0.2, 0) is 17.1 Å². The molecule has 0 amide bonds. The smallest absolute Gasteiger partial charge is 0.285 e. The van der Waals surface area contributed by atoms with Crippen LogP contribution >= 0.6 is 22.9 Å². The highest BCUT2D eigenvalue weighted by Gasteiger charge is 2.14. The van der Waals surface area contributed by atoms with Crippen LogP contribution in [0.1, 0.15) is 0 Å². The fourth-order valence-electron chi connectivity index (χ4n) is 2.15. The van der Waals surface area contributed by atoms with Gasteiger partial charge in [0, 0.05) is 7.05 Å². The normalized spacial score (nSPS) is 12.7. The van der Waals surface area contributed by atoms with Crippen LogP contribution in [0.2, 0.25) is 5.02 Å². The zero-order valence-corrected chi connectivity index (χ0v) is 14.7. The van der Waals surface area contributed by atoms with Gasteiger partial charge in [-0.1, -0.05) is 29.0 Å². The van der Waals surface area contributed by atoms with Gasteiger partial charge in [0.25, 0.3) is 10.0 Å². The molecular formula is C15H13ClN2O3S2. The van der Waals surface area contributed by atoms with Crippen LogP contribution in [0.3, 0.4) is 0 Å². The summed E-state index contributed by atoms with van der Waals surface area (Å²) in [6.45, 7) is 0. The van der Waals surface area contributed by atoms with Crippen LogP contribution in [0.5, 0.6) is 5.75 Å². The third-order valence-corrected chi connectivity index (χ3v) is 6.13. The summed E-state index contributed by atoms with van der Waals surface area (Å²) in [5.74, 6) is 0.586. The van der Waals surface area contributed by atoms with Gasteiger partial charge in [0.1, 0.15) is 5.75 Å². The summed E-state index contributed by atoms with van der Waals surface area (Å²) in [4.78, 5) is 0.478. The average molecular weight is 369 g/mol. The zero-order valence-electron chi connectivity index (χ0n) is 12.4. The molecule has 0 aliphatic carbocycles. The van der Waals surface area contributed by atoms with Crippen LogP contribution in [0.15, 0.2) is 51.8 Å². The number of aryl methyl sites for hydroxylation is 1. The molecule has 3 aromatic rings. The highest BCUT2D eigenvalue weighted by Crippen LogP contribution is 2.25. The molecule has 0 N–H and O–H groups in total. The number of methoxy groups -OCH3 is 1. The van der Waals surface area contributed by atoms with E-state index in [2.05, 4.69) is 4.40 Å². The standard InChI is InChI=1S/C15H13ClN2O3S2/c1-18-14-12(16)4-3-5-13(14)22-15(18)17-23(19,20)11-8-6-10(21-2)7-9-11/h3-9H,1-2H3. The second-order valence-corrected chi connectivity index (χ2v) is 7.79. The summed E-state index contributed by atoms with van der Waals surface area (Å²) in [5, 5.41) is 0.560. The van der Waals surface area contributed by atoms with Gasteiger partial charge in [0.15, 0.2) is 0 Å². The number of ether oxygens (including phenoxy) is 1. The summed E-state index contributed by atoms with van der Waals surface area (Å²) in [6.07, 6.45) is 0. The second kappa shape index (κ2) is 5.99. The first-order valence-electron chi connectivity index (χ1n) is 6.61. The minimum Gasteiger partial charge on any atom is -0.497 e. The van der Waals surface area contributed by atoms with Crippen molar-refractivity contribution in [3.8, 4) is 5.75 Å². The van der Waals surface area contributed by atoms with Gasteiger partial charge in [-0.15, -0.1) is 4.40 Å².